The zero-order chi connectivity index (χ0) is 13.0. The van der Waals surface area contributed by atoms with Gasteiger partial charge in [-0.3, -0.25) is 0 Å². The molecule has 2 aromatic rings. The molecule has 96 valence electrons. The zero-order valence-electron chi connectivity index (χ0n) is 9.92. The largest absolute Gasteiger partial charge is 0.382 e. The number of aromatic nitrogens is 2. The van der Waals surface area contributed by atoms with Gasteiger partial charge in [0.2, 0.25) is 10.0 Å². The predicted octanol–water partition coefficient (Wildman–Crippen LogP) is 0.591. The average Bonchev–Trinajstić information content (AvgIpc) is 2.33. The molecule has 1 aromatic carbocycles. The fourth-order valence-corrected chi connectivity index (χ4v) is 2.05. The van der Waals surface area contributed by atoms with Crippen LogP contribution in [0.3, 0.4) is 0 Å². The second-order valence-electron chi connectivity index (χ2n) is 3.87. The predicted molar refractivity (Wildman–Crippen MR) is 70.9 cm³/mol. The van der Waals surface area contributed by atoms with Crippen molar-refractivity contribution in [2.45, 2.75) is 0 Å². The molecule has 7 heteroatoms. The number of benzene rings is 1. The molecule has 0 fully saturated rings. The standard InChI is InChI=1S/C11H14N4O2S/c1-18(16,17)14-7-6-12-11-8-13-15-10-5-3-2-4-9(10)11/h2-5,8,14H,6-7H2,1H3,(H,12,15). The van der Waals surface area contributed by atoms with Crippen molar-refractivity contribution in [3.05, 3.63) is 30.5 Å². The Kier molecular flexibility index (Phi) is 3.73. The molecule has 0 spiro atoms. The van der Waals surface area contributed by atoms with Gasteiger partial charge in [0.1, 0.15) is 0 Å². The van der Waals surface area contributed by atoms with Crippen LogP contribution in [0.1, 0.15) is 0 Å². The summed E-state index contributed by atoms with van der Waals surface area (Å²) in [5.74, 6) is 0. The minimum Gasteiger partial charge on any atom is -0.382 e. The number of nitrogens with one attached hydrogen (secondary N) is 2. The van der Waals surface area contributed by atoms with Gasteiger partial charge in [-0.2, -0.15) is 10.2 Å². The number of anilines is 1. The summed E-state index contributed by atoms with van der Waals surface area (Å²) in [6, 6.07) is 7.63. The van der Waals surface area contributed by atoms with Gasteiger partial charge < -0.3 is 5.32 Å². The fraction of sp³-hybridized carbons (Fsp3) is 0.273. The highest BCUT2D eigenvalue weighted by Crippen LogP contribution is 2.19. The molecule has 0 amide bonds. The Bertz CT molecular complexity index is 637. The van der Waals surface area contributed by atoms with Crippen molar-refractivity contribution in [3.8, 4) is 0 Å². The second kappa shape index (κ2) is 5.28. The van der Waals surface area contributed by atoms with Crippen LogP contribution >= 0.6 is 0 Å². The summed E-state index contributed by atoms with van der Waals surface area (Å²) in [6.45, 7) is 0.818. The van der Waals surface area contributed by atoms with Crippen LogP contribution in [0, 0.1) is 0 Å². The van der Waals surface area contributed by atoms with Crippen LogP contribution in [0.2, 0.25) is 0 Å². The number of nitrogens with zero attached hydrogens (tertiary/aromatic N) is 2. The number of rotatable bonds is 5. The lowest BCUT2D eigenvalue weighted by Gasteiger charge is -2.08. The van der Waals surface area contributed by atoms with E-state index in [1.54, 1.807) is 6.20 Å². The summed E-state index contributed by atoms with van der Waals surface area (Å²) in [5.41, 5.74) is 1.65. The molecule has 0 radical (unpaired) electrons. The lowest BCUT2D eigenvalue weighted by molar-refractivity contribution is 0.589. The van der Waals surface area contributed by atoms with Crippen LogP contribution in [-0.2, 0) is 10.0 Å². The molecule has 0 aliphatic carbocycles. The summed E-state index contributed by atoms with van der Waals surface area (Å²) in [5, 5.41) is 12.0. The normalized spacial score (nSPS) is 11.6. The van der Waals surface area contributed by atoms with Gasteiger partial charge in [0.05, 0.1) is 23.7 Å². The average molecular weight is 266 g/mol. The van der Waals surface area contributed by atoms with Gasteiger partial charge in [0.25, 0.3) is 0 Å². The van der Waals surface area contributed by atoms with Gasteiger partial charge in [0, 0.05) is 18.5 Å². The zero-order valence-corrected chi connectivity index (χ0v) is 10.7. The van der Waals surface area contributed by atoms with E-state index in [1.165, 1.54) is 0 Å². The first-order valence-corrected chi connectivity index (χ1v) is 7.34. The monoisotopic (exact) mass is 266 g/mol. The number of hydrogen-bond donors (Lipinski definition) is 2. The Morgan fingerprint density at radius 1 is 1.22 bits per heavy atom. The summed E-state index contributed by atoms with van der Waals surface area (Å²) < 4.78 is 24.2. The molecule has 18 heavy (non-hydrogen) atoms. The van der Waals surface area contributed by atoms with Gasteiger partial charge in [-0.25, -0.2) is 13.1 Å². The molecule has 0 bridgehead atoms. The first kappa shape index (κ1) is 12.7. The smallest absolute Gasteiger partial charge is 0.208 e. The molecule has 0 unspecified atom stereocenters. The third kappa shape index (κ3) is 3.38. The van der Waals surface area contributed by atoms with Gasteiger partial charge in [-0.15, -0.1) is 0 Å². The van der Waals surface area contributed by atoms with E-state index in [9.17, 15) is 8.42 Å². The summed E-state index contributed by atoms with van der Waals surface area (Å²) >= 11 is 0. The van der Waals surface area contributed by atoms with E-state index in [2.05, 4.69) is 20.2 Å². The minimum atomic E-state index is -3.14. The number of fused-ring (bicyclic) bond motifs is 1. The highest BCUT2D eigenvalue weighted by molar-refractivity contribution is 7.88. The fourth-order valence-electron chi connectivity index (χ4n) is 1.58. The maximum Gasteiger partial charge on any atom is 0.208 e. The third-order valence-electron chi connectivity index (χ3n) is 2.35. The second-order valence-corrected chi connectivity index (χ2v) is 5.70. The van der Waals surface area contributed by atoms with E-state index in [0.29, 0.717) is 13.1 Å². The van der Waals surface area contributed by atoms with Crippen molar-refractivity contribution >= 4 is 26.6 Å². The molecule has 0 aliphatic rings. The Morgan fingerprint density at radius 2 is 2.00 bits per heavy atom. The van der Waals surface area contributed by atoms with E-state index in [0.717, 1.165) is 22.8 Å². The molecule has 6 nitrogen and oxygen atoms in total. The highest BCUT2D eigenvalue weighted by atomic mass is 32.2. The molecule has 0 saturated heterocycles. The van der Waals surface area contributed by atoms with Gasteiger partial charge in [-0.1, -0.05) is 18.2 Å². The van der Waals surface area contributed by atoms with Crippen LogP contribution in [0.15, 0.2) is 30.5 Å². The Labute approximate surface area is 105 Å². The minimum absolute atomic E-state index is 0.329. The van der Waals surface area contributed by atoms with Gasteiger partial charge in [0.15, 0.2) is 0 Å². The Morgan fingerprint density at radius 3 is 2.78 bits per heavy atom. The molecule has 0 saturated carbocycles. The molecular weight excluding hydrogens is 252 g/mol. The third-order valence-corrected chi connectivity index (χ3v) is 3.08. The number of sulfonamides is 1. The van der Waals surface area contributed by atoms with E-state index < -0.39 is 10.0 Å². The Balaban J connectivity index is 2.04. The van der Waals surface area contributed by atoms with Crippen molar-refractivity contribution in [2.75, 3.05) is 24.7 Å². The van der Waals surface area contributed by atoms with Crippen LogP contribution in [0.25, 0.3) is 10.9 Å². The summed E-state index contributed by atoms with van der Waals surface area (Å²) in [4.78, 5) is 0. The van der Waals surface area contributed by atoms with Crippen LogP contribution in [0.4, 0.5) is 5.69 Å². The molecular formula is C11H14N4O2S. The van der Waals surface area contributed by atoms with E-state index >= 15 is 0 Å². The number of hydrogen-bond acceptors (Lipinski definition) is 5. The van der Waals surface area contributed by atoms with Crippen LogP contribution in [0.5, 0.6) is 0 Å². The lowest BCUT2D eigenvalue weighted by atomic mass is 10.2. The van der Waals surface area contributed by atoms with Crippen LogP contribution < -0.4 is 10.0 Å². The van der Waals surface area contributed by atoms with Crippen LogP contribution in [-0.4, -0.2) is 38.0 Å². The molecule has 1 heterocycles. The van der Waals surface area contributed by atoms with Crippen molar-refractivity contribution in [1.82, 2.24) is 14.9 Å². The maximum atomic E-state index is 10.9. The van der Waals surface area contributed by atoms with Crippen molar-refractivity contribution in [2.24, 2.45) is 0 Å². The maximum absolute atomic E-state index is 10.9. The van der Waals surface area contributed by atoms with E-state index in [4.69, 9.17) is 0 Å². The summed E-state index contributed by atoms with van der Waals surface area (Å²) in [7, 11) is -3.14. The lowest BCUT2D eigenvalue weighted by Crippen LogP contribution is -2.27. The molecule has 0 atom stereocenters. The quantitative estimate of drug-likeness (QED) is 0.774. The topological polar surface area (TPSA) is 84.0 Å². The van der Waals surface area contributed by atoms with E-state index in [1.807, 2.05) is 24.3 Å². The molecule has 2 N–H and O–H groups in total. The van der Waals surface area contributed by atoms with Gasteiger partial charge in [-0.05, 0) is 6.07 Å². The van der Waals surface area contributed by atoms with Crippen molar-refractivity contribution < 1.29 is 8.42 Å². The first-order chi connectivity index (χ1) is 8.56. The first-order valence-electron chi connectivity index (χ1n) is 5.45. The Hall–Kier alpha value is -1.73. The summed E-state index contributed by atoms with van der Waals surface area (Å²) in [6.07, 6.45) is 2.76. The SMILES string of the molecule is CS(=O)(=O)NCCNc1cnnc2ccccc12. The van der Waals surface area contributed by atoms with E-state index in [-0.39, 0.29) is 0 Å². The molecule has 1 aromatic heterocycles. The molecule has 2 rings (SSSR count). The highest BCUT2D eigenvalue weighted by Gasteiger charge is 2.02. The van der Waals surface area contributed by atoms with Crippen molar-refractivity contribution in [3.63, 3.8) is 0 Å². The van der Waals surface area contributed by atoms with Gasteiger partial charge >= 0.3 is 0 Å². The van der Waals surface area contributed by atoms with Crippen molar-refractivity contribution in [1.29, 1.82) is 0 Å². The molecule has 0 aliphatic heterocycles.